The first-order chi connectivity index (χ1) is 8.97. The van der Waals surface area contributed by atoms with Crippen molar-refractivity contribution >= 4 is 40.5 Å². The van der Waals surface area contributed by atoms with Crippen molar-refractivity contribution in [1.82, 2.24) is 4.98 Å². The lowest BCUT2D eigenvalue weighted by molar-refractivity contribution is 0.102. The number of rotatable bonds is 2. The Morgan fingerprint density at radius 1 is 1.26 bits per heavy atom. The molecule has 0 saturated carbocycles. The molecule has 98 valence electrons. The Hall–Kier alpha value is -1.85. The summed E-state index contributed by atoms with van der Waals surface area (Å²) in [7, 11) is 0. The fourth-order valence-corrected chi connectivity index (χ4v) is 1.88. The van der Waals surface area contributed by atoms with E-state index in [1.807, 2.05) is 0 Å². The Balaban J connectivity index is 2.24. The first-order valence-electron chi connectivity index (χ1n) is 5.15. The smallest absolute Gasteiger partial charge is 0.274 e. The highest BCUT2D eigenvalue weighted by atomic mass is 35.5. The van der Waals surface area contributed by atoms with Crippen LogP contribution in [-0.2, 0) is 0 Å². The van der Waals surface area contributed by atoms with Gasteiger partial charge in [-0.25, -0.2) is 4.39 Å². The molecule has 0 bridgehead atoms. The number of anilines is 2. The summed E-state index contributed by atoms with van der Waals surface area (Å²) in [5.74, 6) is -1.23. The van der Waals surface area contributed by atoms with Crippen LogP contribution in [0, 0.1) is 5.82 Å². The first kappa shape index (κ1) is 13.6. The highest BCUT2D eigenvalue weighted by molar-refractivity contribution is 6.35. The lowest BCUT2D eigenvalue weighted by Gasteiger charge is -2.07. The van der Waals surface area contributed by atoms with Gasteiger partial charge in [0.2, 0.25) is 0 Å². The number of aromatic nitrogens is 1. The molecule has 0 aliphatic rings. The van der Waals surface area contributed by atoms with E-state index in [0.717, 1.165) is 0 Å². The van der Waals surface area contributed by atoms with Crippen molar-refractivity contribution in [2.45, 2.75) is 0 Å². The number of amides is 1. The van der Waals surface area contributed by atoms with Gasteiger partial charge in [-0.15, -0.1) is 0 Å². The Bertz CT molecular complexity index is 626. The monoisotopic (exact) mass is 299 g/mol. The summed E-state index contributed by atoms with van der Waals surface area (Å²) in [5, 5.41) is 2.15. The van der Waals surface area contributed by atoms with Gasteiger partial charge in [-0.05, 0) is 24.3 Å². The molecule has 4 nitrogen and oxygen atoms in total. The molecule has 1 heterocycles. The minimum absolute atomic E-state index is 0.136. The van der Waals surface area contributed by atoms with Crippen LogP contribution in [0.5, 0.6) is 0 Å². The van der Waals surface area contributed by atoms with Gasteiger partial charge in [-0.2, -0.15) is 0 Å². The quantitative estimate of drug-likeness (QED) is 0.836. The third-order valence-electron chi connectivity index (χ3n) is 2.26. The molecule has 1 aromatic heterocycles. The summed E-state index contributed by atoms with van der Waals surface area (Å²) in [4.78, 5) is 15.7. The molecular weight excluding hydrogens is 292 g/mol. The van der Waals surface area contributed by atoms with Crippen LogP contribution in [0.15, 0.2) is 30.5 Å². The van der Waals surface area contributed by atoms with E-state index >= 15 is 0 Å². The van der Waals surface area contributed by atoms with Gasteiger partial charge in [0.1, 0.15) is 5.69 Å². The van der Waals surface area contributed by atoms with E-state index in [0.29, 0.717) is 5.69 Å². The van der Waals surface area contributed by atoms with Gasteiger partial charge in [0.05, 0.1) is 10.0 Å². The minimum Gasteiger partial charge on any atom is -0.399 e. The Morgan fingerprint density at radius 2 is 1.89 bits per heavy atom. The standard InChI is InChI=1S/C12H8Cl2FN3O/c13-8-4-7(5-9(14)11(8)15)18-12(19)10-3-6(16)1-2-17-10/h1-5H,(H2,16,17)(H,18,19). The highest BCUT2D eigenvalue weighted by Crippen LogP contribution is 2.27. The van der Waals surface area contributed by atoms with Gasteiger partial charge >= 0.3 is 0 Å². The van der Waals surface area contributed by atoms with E-state index in [1.54, 1.807) is 6.07 Å². The molecule has 1 amide bonds. The summed E-state index contributed by atoms with van der Waals surface area (Å²) in [6.45, 7) is 0. The number of hydrogen-bond acceptors (Lipinski definition) is 3. The second-order valence-electron chi connectivity index (χ2n) is 3.68. The number of carbonyl (C=O) groups is 1. The topological polar surface area (TPSA) is 68.0 Å². The van der Waals surface area contributed by atoms with E-state index in [9.17, 15) is 9.18 Å². The lowest BCUT2D eigenvalue weighted by Crippen LogP contribution is -2.14. The molecular formula is C12H8Cl2FN3O. The van der Waals surface area contributed by atoms with Crippen molar-refractivity contribution in [3.05, 3.63) is 52.0 Å². The largest absolute Gasteiger partial charge is 0.399 e. The molecule has 0 fully saturated rings. The fourth-order valence-electron chi connectivity index (χ4n) is 1.39. The zero-order valence-corrected chi connectivity index (χ0v) is 11.0. The predicted octanol–water partition coefficient (Wildman–Crippen LogP) is 3.36. The average molecular weight is 300 g/mol. The maximum atomic E-state index is 13.2. The summed E-state index contributed by atoms with van der Waals surface area (Å²) in [5.41, 5.74) is 6.36. The summed E-state index contributed by atoms with van der Waals surface area (Å²) in [6.07, 6.45) is 1.41. The van der Waals surface area contributed by atoms with E-state index < -0.39 is 11.7 Å². The van der Waals surface area contributed by atoms with E-state index in [4.69, 9.17) is 28.9 Å². The first-order valence-corrected chi connectivity index (χ1v) is 5.90. The Labute approximate surface area is 118 Å². The van der Waals surface area contributed by atoms with Crippen LogP contribution in [0.4, 0.5) is 15.8 Å². The lowest BCUT2D eigenvalue weighted by atomic mass is 10.2. The van der Waals surface area contributed by atoms with Gasteiger partial charge < -0.3 is 11.1 Å². The molecule has 3 N–H and O–H groups in total. The molecule has 0 unspecified atom stereocenters. The molecule has 2 aromatic rings. The molecule has 0 aliphatic carbocycles. The number of nitrogens with zero attached hydrogens (tertiary/aromatic N) is 1. The molecule has 0 spiro atoms. The van der Waals surface area contributed by atoms with Crippen LogP contribution in [0.3, 0.4) is 0 Å². The van der Waals surface area contributed by atoms with Gasteiger partial charge in [0, 0.05) is 17.6 Å². The van der Waals surface area contributed by atoms with Gasteiger partial charge in [-0.3, -0.25) is 9.78 Å². The highest BCUT2D eigenvalue weighted by Gasteiger charge is 2.12. The maximum absolute atomic E-state index is 13.2. The van der Waals surface area contributed by atoms with E-state index in [1.165, 1.54) is 24.4 Å². The molecule has 0 atom stereocenters. The molecule has 0 radical (unpaired) electrons. The van der Waals surface area contributed by atoms with E-state index in [2.05, 4.69) is 10.3 Å². The molecule has 0 saturated heterocycles. The maximum Gasteiger partial charge on any atom is 0.274 e. The number of nitrogens with one attached hydrogen (secondary N) is 1. The van der Waals surface area contributed by atoms with Crippen LogP contribution in [0.2, 0.25) is 10.0 Å². The second-order valence-corrected chi connectivity index (χ2v) is 4.50. The van der Waals surface area contributed by atoms with Crippen molar-refractivity contribution in [2.75, 3.05) is 11.1 Å². The van der Waals surface area contributed by atoms with Crippen LogP contribution in [0.1, 0.15) is 10.5 Å². The summed E-state index contributed by atoms with van der Waals surface area (Å²) in [6, 6.07) is 5.49. The molecule has 2 rings (SSSR count). The van der Waals surface area contributed by atoms with Crippen LogP contribution in [-0.4, -0.2) is 10.9 Å². The van der Waals surface area contributed by atoms with Gasteiger partial charge in [0.15, 0.2) is 5.82 Å². The molecule has 19 heavy (non-hydrogen) atoms. The number of benzene rings is 1. The third kappa shape index (κ3) is 3.13. The Morgan fingerprint density at radius 3 is 2.47 bits per heavy atom. The van der Waals surface area contributed by atoms with Crippen molar-refractivity contribution in [1.29, 1.82) is 0 Å². The van der Waals surface area contributed by atoms with Crippen molar-refractivity contribution in [3.63, 3.8) is 0 Å². The number of nitrogen functional groups attached to an aromatic ring is 1. The van der Waals surface area contributed by atoms with E-state index in [-0.39, 0.29) is 21.4 Å². The summed E-state index contributed by atoms with van der Waals surface area (Å²) >= 11 is 11.3. The average Bonchev–Trinajstić information content (AvgIpc) is 2.36. The third-order valence-corrected chi connectivity index (χ3v) is 2.81. The second kappa shape index (κ2) is 5.42. The number of halogens is 3. The normalized spacial score (nSPS) is 10.3. The van der Waals surface area contributed by atoms with Crippen molar-refractivity contribution < 1.29 is 9.18 Å². The van der Waals surface area contributed by atoms with Gasteiger partial charge in [-0.1, -0.05) is 23.2 Å². The number of nitrogens with two attached hydrogens (primary N) is 1. The number of pyridine rings is 1. The zero-order valence-electron chi connectivity index (χ0n) is 9.45. The fraction of sp³-hybridized carbons (Fsp3) is 0. The molecule has 0 aliphatic heterocycles. The van der Waals surface area contributed by atoms with Crippen LogP contribution in [0.25, 0.3) is 0 Å². The van der Waals surface area contributed by atoms with Crippen molar-refractivity contribution in [2.24, 2.45) is 0 Å². The molecule has 7 heteroatoms. The molecule has 1 aromatic carbocycles. The SMILES string of the molecule is Nc1ccnc(C(=O)Nc2cc(Cl)c(F)c(Cl)c2)c1. The predicted molar refractivity (Wildman–Crippen MR) is 73.0 cm³/mol. The minimum atomic E-state index is -0.733. The van der Waals surface area contributed by atoms with Crippen molar-refractivity contribution in [3.8, 4) is 0 Å². The number of hydrogen-bond donors (Lipinski definition) is 2. The summed E-state index contributed by atoms with van der Waals surface area (Å²) < 4.78 is 13.2. The van der Waals surface area contributed by atoms with Gasteiger partial charge in [0.25, 0.3) is 5.91 Å². The Kier molecular flexibility index (Phi) is 3.87. The number of carbonyl (C=O) groups excluding carboxylic acids is 1. The van der Waals surface area contributed by atoms with Crippen LogP contribution < -0.4 is 11.1 Å². The van der Waals surface area contributed by atoms with Crippen LogP contribution >= 0.6 is 23.2 Å². The zero-order chi connectivity index (χ0) is 14.0.